The topological polar surface area (TPSA) is 3.24 Å². The van der Waals surface area contributed by atoms with Crippen LogP contribution < -0.4 is 0 Å². The summed E-state index contributed by atoms with van der Waals surface area (Å²) in [4.78, 5) is 3.85. The highest BCUT2D eigenvalue weighted by Gasteiger charge is 2.15. The monoisotopic (exact) mass is 373 g/mol. The fraction of sp³-hybridized carbons (Fsp3) is 0.200. The van der Waals surface area contributed by atoms with E-state index in [2.05, 4.69) is 47.4 Å². The van der Waals surface area contributed by atoms with Gasteiger partial charge in [-0.25, -0.2) is 0 Å². The van der Waals surface area contributed by atoms with E-state index in [9.17, 15) is 0 Å². The lowest BCUT2D eigenvalue weighted by Gasteiger charge is -2.26. The number of fused-ring (bicyclic) bond motifs is 1. The molecule has 122 valence electrons. The minimum atomic E-state index is 0.617. The molecule has 0 spiro atoms. The van der Waals surface area contributed by atoms with Gasteiger partial charge in [0.1, 0.15) is 0 Å². The van der Waals surface area contributed by atoms with E-state index in [1.54, 1.807) is 0 Å². The second-order valence-corrected chi connectivity index (χ2v) is 8.01. The van der Waals surface area contributed by atoms with Crippen LogP contribution in [0.5, 0.6) is 0 Å². The van der Waals surface area contributed by atoms with E-state index in [4.69, 9.17) is 23.2 Å². The van der Waals surface area contributed by atoms with Gasteiger partial charge in [-0.1, -0.05) is 53.5 Å². The van der Waals surface area contributed by atoms with Crippen LogP contribution in [0.2, 0.25) is 10.0 Å². The zero-order valence-electron chi connectivity index (χ0n) is 13.1. The third kappa shape index (κ3) is 3.38. The van der Waals surface area contributed by atoms with Crippen LogP contribution in [0.3, 0.4) is 0 Å². The molecule has 2 heterocycles. The molecule has 1 aromatic heterocycles. The molecule has 0 unspecified atom stereocenters. The Morgan fingerprint density at radius 3 is 2.62 bits per heavy atom. The van der Waals surface area contributed by atoms with Crippen molar-refractivity contribution in [1.29, 1.82) is 0 Å². The van der Waals surface area contributed by atoms with E-state index < -0.39 is 0 Å². The fourth-order valence-electron chi connectivity index (χ4n) is 3.11. The first-order chi connectivity index (χ1) is 11.7. The average Bonchev–Trinajstić information content (AvgIpc) is 3.03. The molecular formula is C20H17Cl2NS. The number of benzene rings is 2. The predicted molar refractivity (Wildman–Crippen MR) is 106 cm³/mol. The van der Waals surface area contributed by atoms with Crippen LogP contribution in [0.4, 0.5) is 0 Å². The van der Waals surface area contributed by atoms with E-state index in [1.165, 1.54) is 26.1 Å². The Kier molecular flexibility index (Phi) is 4.64. The highest BCUT2D eigenvalue weighted by molar-refractivity contribution is 7.20. The van der Waals surface area contributed by atoms with Gasteiger partial charge < -0.3 is 0 Å². The first-order valence-corrected chi connectivity index (χ1v) is 9.60. The molecule has 3 aromatic rings. The second-order valence-electron chi connectivity index (χ2n) is 6.11. The maximum absolute atomic E-state index is 6.11. The molecule has 2 aromatic carbocycles. The summed E-state index contributed by atoms with van der Waals surface area (Å²) in [5.74, 6) is 0. The van der Waals surface area contributed by atoms with Gasteiger partial charge in [-0.05, 0) is 47.2 Å². The van der Waals surface area contributed by atoms with Gasteiger partial charge in [-0.2, -0.15) is 0 Å². The Labute approximate surface area is 156 Å². The Hall–Kier alpha value is -1.32. The van der Waals surface area contributed by atoms with E-state index in [1.807, 2.05) is 23.5 Å². The Morgan fingerprint density at radius 2 is 1.88 bits per heavy atom. The smallest absolute Gasteiger partial charge is 0.0595 e. The van der Waals surface area contributed by atoms with Crippen LogP contribution in [0, 0.1) is 0 Å². The van der Waals surface area contributed by atoms with Gasteiger partial charge in [0.05, 0.1) is 10.0 Å². The van der Waals surface area contributed by atoms with Crippen molar-refractivity contribution in [3.05, 3.63) is 75.1 Å². The van der Waals surface area contributed by atoms with Crippen molar-refractivity contribution in [2.45, 2.75) is 13.0 Å². The molecule has 1 aliphatic rings. The van der Waals surface area contributed by atoms with Crippen LogP contribution in [0.1, 0.15) is 16.9 Å². The number of hydrogen-bond donors (Lipinski definition) is 0. The third-order valence-electron chi connectivity index (χ3n) is 4.43. The lowest BCUT2D eigenvalue weighted by molar-refractivity contribution is 0.294. The van der Waals surface area contributed by atoms with Crippen molar-refractivity contribution < 1.29 is 0 Å². The van der Waals surface area contributed by atoms with Crippen molar-refractivity contribution in [3.63, 3.8) is 0 Å². The SMILES string of the molecule is Clc1ccc(CN2CC=C(c3cc4ccccc4s3)CC2)cc1Cl. The molecular weight excluding hydrogens is 357 g/mol. The number of nitrogens with zero attached hydrogens (tertiary/aromatic N) is 1. The summed E-state index contributed by atoms with van der Waals surface area (Å²) in [5, 5.41) is 2.59. The van der Waals surface area contributed by atoms with Crippen molar-refractivity contribution in [3.8, 4) is 0 Å². The van der Waals surface area contributed by atoms with Crippen LogP contribution in [-0.2, 0) is 6.54 Å². The van der Waals surface area contributed by atoms with Crippen molar-refractivity contribution in [2.75, 3.05) is 13.1 Å². The normalized spacial score (nSPS) is 15.7. The van der Waals surface area contributed by atoms with E-state index in [-0.39, 0.29) is 0 Å². The summed E-state index contributed by atoms with van der Waals surface area (Å²) in [6.07, 6.45) is 3.46. The van der Waals surface area contributed by atoms with Crippen LogP contribution in [0.25, 0.3) is 15.7 Å². The minimum absolute atomic E-state index is 0.617. The van der Waals surface area contributed by atoms with Crippen molar-refractivity contribution >= 4 is 50.2 Å². The first-order valence-electron chi connectivity index (χ1n) is 8.03. The van der Waals surface area contributed by atoms with E-state index in [0.717, 1.165) is 26.1 Å². The van der Waals surface area contributed by atoms with E-state index >= 15 is 0 Å². The number of thiophene rings is 1. The summed E-state index contributed by atoms with van der Waals surface area (Å²) >= 11 is 14.0. The van der Waals surface area contributed by atoms with Crippen molar-refractivity contribution in [1.82, 2.24) is 4.90 Å². The first kappa shape index (κ1) is 16.2. The molecule has 4 rings (SSSR count). The summed E-state index contributed by atoms with van der Waals surface area (Å²) in [6, 6.07) is 16.8. The molecule has 0 N–H and O–H groups in total. The highest BCUT2D eigenvalue weighted by Crippen LogP contribution is 2.33. The predicted octanol–water partition coefficient (Wildman–Crippen LogP) is 6.50. The molecule has 1 aliphatic heterocycles. The minimum Gasteiger partial charge on any atom is -0.295 e. The standard InChI is InChI=1S/C20H17Cl2NS/c21-17-6-5-14(11-18(17)22)13-23-9-7-15(8-10-23)20-12-16-3-1-2-4-19(16)24-20/h1-7,11-12H,8-10,13H2. The maximum atomic E-state index is 6.11. The maximum Gasteiger partial charge on any atom is 0.0595 e. The molecule has 0 saturated heterocycles. The van der Waals surface area contributed by atoms with Crippen molar-refractivity contribution in [2.24, 2.45) is 0 Å². The van der Waals surface area contributed by atoms with Gasteiger partial charge in [-0.3, -0.25) is 4.90 Å². The van der Waals surface area contributed by atoms with Gasteiger partial charge in [0.25, 0.3) is 0 Å². The fourth-order valence-corrected chi connectivity index (χ4v) is 4.57. The Morgan fingerprint density at radius 1 is 1.00 bits per heavy atom. The van der Waals surface area contributed by atoms with Gasteiger partial charge in [0.2, 0.25) is 0 Å². The van der Waals surface area contributed by atoms with Gasteiger partial charge in [-0.15, -0.1) is 11.3 Å². The highest BCUT2D eigenvalue weighted by atomic mass is 35.5. The van der Waals surface area contributed by atoms with Crippen LogP contribution in [0.15, 0.2) is 54.6 Å². The summed E-state index contributed by atoms with van der Waals surface area (Å²) in [6.45, 7) is 2.96. The molecule has 0 atom stereocenters. The molecule has 0 fully saturated rings. The Balaban J connectivity index is 1.47. The molecule has 24 heavy (non-hydrogen) atoms. The molecule has 1 nitrogen and oxygen atoms in total. The molecule has 0 bridgehead atoms. The number of hydrogen-bond acceptors (Lipinski definition) is 2. The zero-order valence-corrected chi connectivity index (χ0v) is 15.5. The van der Waals surface area contributed by atoms with Crippen LogP contribution >= 0.6 is 34.5 Å². The second kappa shape index (κ2) is 6.89. The van der Waals surface area contributed by atoms with Gasteiger partial charge in [0, 0.05) is 29.2 Å². The summed E-state index contributed by atoms with van der Waals surface area (Å²) in [5.41, 5.74) is 2.68. The van der Waals surface area contributed by atoms with Gasteiger partial charge >= 0.3 is 0 Å². The molecule has 0 aliphatic carbocycles. The Bertz CT molecular complexity index is 880. The van der Waals surface area contributed by atoms with Gasteiger partial charge in [0.15, 0.2) is 0 Å². The lowest BCUT2D eigenvalue weighted by Crippen LogP contribution is -2.27. The molecule has 0 radical (unpaired) electrons. The molecule has 0 saturated carbocycles. The number of rotatable bonds is 3. The molecule has 0 amide bonds. The summed E-state index contributed by atoms with van der Waals surface area (Å²) in [7, 11) is 0. The molecule has 4 heteroatoms. The summed E-state index contributed by atoms with van der Waals surface area (Å²) < 4.78 is 1.37. The average molecular weight is 374 g/mol. The van der Waals surface area contributed by atoms with Crippen LogP contribution in [-0.4, -0.2) is 18.0 Å². The van der Waals surface area contributed by atoms with E-state index in [0.29, 0.717) is 10.0 Å². The third-order valence-corrected chi connectivity index (χ3v) is 6.36. The lowest BCUT2D eigenvalue weighted by atomic mass is 10.1. The number of halogens is 2. The zero-order chi connectivity index (χ0) is 16.5. The largest absolute Gasteiger partial charge is 0.295 e. The quantitative estimate of drug-likeness (QED) is 0.506.